The van der Waals surface area contributed by atoms with E-state index in [4.69, 9.17) is 0 Å². The molecule has 35 heavy (non-hydrogen) atoms. The van der Waals surface area contributed by atoms with E-state index in [1.165, 1.54) is 10.7 Å². The quantitative estimate of drug-likeness (QED) is 0.673. The number of aromatic nitrogens is 2. The average molecular weight is 489 g/mol. The average Bonchev–Trinajstić information content (AvgIpc) is 3.57. The van der Waals surface area contributed by atoms with Crippen LogP contribution in [0.4, 0.5) is 29.5 Å². The van der Waals surface area contributed by atoms with Crippen LogP contribution in [-0.2, 0) is 12.7 Å². The van der Waals surface area contributed by atoms with Crippen molar-refractivity contribution in [1.29, 1.82) is 0 Å². The highest BCUT2D eigenvalue weighted by atomic mass is 19.4. The number of likely N-dealkylation sites (tertiary alicyclic amines) is 2. The Kier molecular flexibility index (Phi) is 6.25. The molecular formula is C25H31F3N6O. The zero-order valence-electron chi connectivity index (χ0n) is 19.9. The Bertz CT molecular complexity index is 1090. The first kappa shape index (κ1) is 23.7. The van der Waals surface area contributed by atoms with Crippen LogP contribution in [0.1, 0.15) is 30.9 Å². The van der Waals surface area contributed by atoms with Crippen molar-refractivity contribution < 1.29 is 18.0 Å². The molecule has 3 aliphatic heterocycles. The fourth-order valence-electron chi connectivity index (χ4n) is 5.62. The Balaban J connectivity index is 1.22. The number of hydrogen-bond acceptors (Lipinski definition) is 5. The molecule has 1 amide bonds. The summed E-state index contributed by atoms with van der Waals surface area (Å²) in [4.78, 5) is 18.8. The first-order valence-corrected chi connectivity index (χ1v) is 12.1. The van der Waals surface area contributed by atoms with Crippen molar-refractivity contribution in [2.75, 3.05) is 49.5 Å². The lowest BCUT2D eigenvalue weighted by Gasteiger charge is -2.24. The largest absolute Gasteiger partial charge is 0.416 e. The number of carbonyl (C=O) groups is 1. The molecule has 188 valence electrons. The van der Waals surface area contributed by atoms with Gasteiger partial charge in [-0.25, -0.2) is 4.79 Å². The summed E-state index contributed by atoms with van der Waals surface area (Å²) in [6.07, 6.45) is -0.720. The first-order chi connectivity index (χ1) is 16.7. The molecule has 1 aromatic carbocycles. The number of benzene rings is 1. The second-order valence-corrected chi connectivity index (χ2v) is 9.99. The Labute approximate surface area is 203 Å². The number of carbonyl (C=O) groups excluding carboxylic acids is 1. The minimum atomic E-state index is -4.38. The lowest BCUT2D eigenvalue weighted by molar-refractivity contribution is -0.138. The molecule has 2 aromatic rings. The summed E-state index contributed by atoms with van der Waals surface area (Å²) in [5.74, 6) is 1.06. The van der Waals surface area contributed by atoms with Crippen molar-refractivity contribution in [2.24, 2.45) is 11.8 Å². The molecule has 5 rings (SSSR count). The zero-order chi connectivity index (χ0) is 24.7. The van der Waals surface area contributed by atoms with Crippen LogP contribution in [0.25, 0.3) is 0 Å². The molecule has 10 heteroatoms. The summed E-state index contributed by atoms with van der Waals surface area (Å²) >= 11 is 0. The number of rotatable bonds is 5. The molecule has 2 unspecified atom stereocenters. The number of halogens is 3. The fourth-order valence-corrected chi connectivity index (χ4v) is 5.62. The van der Waals surface area contributed by atoms with Crippen molar-refractivity contribution in [3.05, 3.63) is 53.9 Å². The number of allylic oxidation sites excluding steroid dienone is 1. The van der Waals surface area contributed by atoms with E-state index in [-0.39, 0.29) is 24.4 Å². The predicted octanol–water partition coefficient (Wildman–Crippen LogP) is 4.48. The van der Waals surface area contributed by atoms with Crippen LogP contribution in [0, 0.1) is 11.8 Å². The van der Waals surface area contributed by atoms with Gasteiger partial charge in [0.25, 0.3) is 0 Å². The number of alkyl halides is 3. The molecule has 2 atom stereocenters. The predicted molar refractivity (Wildman–Crippen MR) is 128 cm³/mol. The van der Waals surface area contributed by atoms with Crippen LogP contribution < -0.4 is 10.2 Å². The van der Waals surface area contributed by atoms with Crippen LogP contribution in [0.15, 0.2) is 42.7 Å². The number of hydrogen-bond donors (Lipinski definition) is 1. The molecule has 0 aliphatic carbocycles. The van der Waals surface area contributed by atoms with E-state index in [2.05, 4.69) is 21.9 Å². The highest BCUT2D eigenvalue weighted by Gasteiger charge is 2.43. The molecule has 0 radical (unpaired) electrons. The zero-order valence-corrected chi connectivity index (χ0v) is 19.9. The van der Waals surface area contributed by atoms with Crippen LogP contribution in [0.2, 0.25) is 0 Å². The van der Waals surface area contributed by atoms with E-state index < -0.39 is 11.7 Å². The number of amides is 1. The van der Waals surface area contributed by atoms with E-state index in [1.54, 1.807) is 23.2 Å². The fraction of sp³-hybridized carbons (Fsp3) is 0.520. The maximum Gasteiger partial charge on any atom is 0.416 e. The summed E-state index contributed by atoms with van der Waals surface area (Å²) in [5.41, 5.74) is 1.18. The smallest absolute Gasteiger partial charge is 0.372 e. The maximum absolute atomic E-state index is 13.9. The van der Waals surface area contributed by atoms with E-state index in [0.29, 0.717) is 43.2 Å². The van der Waals surface area contributed by atoms with Crippen molar-refractivity contribution in [3.8, 4) is 0 Å². The van der Waals surface area contributed by atoms with E-state index in [1.807, 2.05) is 17.9 Å². The number of fused-ring (bicyclic) bond motifs is 1. The third kappa shape index (κ3) is 5.03. The van der Waals surface area contributed by atoms with Gasteiger partial charge in [-0.1, -0.05) is 12.6 Å². The van der Waals surface area contributed by atoms with Gasteiger partial charge in [0.2, 0.25) is 0 Å². The third-order valence-corrected chi connectivity index (χ3v) is 7.22. The van der Waals surface area contributed by atoms with Gasteiger partial charge in [-0.3, -0.25) is 4.90 Å². The van der Waals surface area contributed by atoms with Gasteiger partial charge in [0.15, 0.2) is 5.82 Å². The summed E-state index contributed by atoms with van der Waals surface area (Å²) in [6.45, 7) is 10.0. The minimum absolute atomic E-state index is 0.183. The first-order valence-electron chi connectivity index (χ1n) is 12.1. The van der Waals surface area contributed by atoms with Crippen LogP contribution in [-0.4, -0.2) is 64.9 Å². The molecule has 3 aliphatic rings. The minimum Gasteiger partial charge on any atom is -0.372 e. The molecule has 0 saturated carbocycles. The highest BCUT2D eigenvalue weighted by Crippen LogP contribution is 2.38. The lowest BCUT2D eigenvalue weighted by Crippen LogP contribution is -2.36. The molecule has 0 bridgehead atoms. The van der Waals surface area contributed by atoms with E-state index in [0.717, 1.165) is 31.6 Å². The van der Waals surface area contributed by atoms with Gasteiger partial charge in [-0.15, -0.1) is 5.10 Å². The van der Waals surface area contributed by atoms with Crippen molar-refractivity contribution >= 4 is 17.5 Å². The van der Waals surface area contributed by atoms with E-state index in [9.17, 15) is 18.0 Å². The molecule has 3 fully saturated rings. The summed E-state index contributed by atoms with van der Waals surface area (Å²) < 4.78 is 43.0. The molecule has 3 saturated heterocycles. The second kappa shape index (κ2) is 9.22. The van der Waals surface area contributed by atoms with Crippen molar-refractivity contribution in [3.63, 3.8) is 0 Å². The van der Waals surface area contributed by atoms with E-state index >= 15 is 0 Å². The normalized spacial score (nSPS) is 22.6. The number of nitrogens with one attached hydrogen (secondary N) is 1. The molecule has 0 spiro atoms. The van der Waals surface area contributed by atoms with Gasteiger partial charge in [0.1, 0.15) is 0 Å². The molecular weight excluding hydrogens is 457 g/mol. The molecule has 4 heterocycles. The van der Waals surface area contributed by atoms with Crippen LogP contribution in [0.5, 0.6) is 0 Å². The van der Waals surface area contributed by atoms with Gasteiger partial charge in [-0.2, -0.15) is 17.9 Å². The summed E-state index contributed by atoms with van der Waals surface area (Å²) in [6, 6.07) is 6.33. The topological polar surface area (TPSA) is 56.6 Å². The SMILES string of the molecule is C=C(C)Nc1ccn(C(=O)N2CC3CN(Cc4ccc(N5CCCC5)cc4C(F)(F)F)CC3C2)n1. The third-order valence-electron chi connectivity index (χ3n) is 7.22. The second-order valence-electron chi connectivity index (χ2n) is 9.99. The Morgan fingerprint density at radius 1 is 1.11 bits per heavy atom. The highest BCUT2D eigenvalue weighted by molar-refractivity contribution is 5.76. The van der Waals surface area contributed by atoms with Gasteiger partial charge in [0, 0.05) is 69.5 Å². The number of nitrogens with zero attached hydrogens (tertiary/aromatic N) is 5. The van der Waals surface area contributed by atoms with Crippen LogP contribution in [0.3, 0.4) is 0 Å². The molecule has 1 aromatic heterocycles. The molecule has 7 nitrogen and oxygen atoms in total. The standard InChI is InChI=1S/C25H31F3N6O/c1-17(2)29-23-7-10-34(30-23)24(35)33-15-19-13-31(14-20(19)16-33)12-18-5-6-21(32-8-3-4-9-32)11-22(18)25(26,27)28/h5-7,10-11,19-20H,1,3-4,8-9,12-16H2,2H3,(H,29,30). The monoisotopic (exact) mass is 488 g/mol. The van der Waals surface area contributed by atoms with Gasteiger partial charge in [0.05, 0.1) is 5.56 Å². The summed E-state index contributed by atoms with van der Waals surface area (Å²) in [7, 11) is 0. The van der Waals surface area contributed by atoms with Crippen LogP contribution >= 0.6 is 0 Å². The molecule has 1 N–H and O–H groups in total. The maximum atomic E-state index is 13.9. The van der Waals surface area contributed by atoms with Gasteiger partial charge < -0.3 is 15.1 Å². The Morgan fingerprint density at radius 2 is 1.80 bits per heavy atom. The van der Waals surface area contributed by atoms with Gasteiger partial charge >= 0.3 is 12.2 Å². The number of anilines is 2. The lowest BCUT2D eigenvalue weighted by atomic mass is 10.0. The Morgan fingerprint density at radius 3 is 2.43 bits per heavy atom. The van der Waals surface area contributed by atoms with Crippen molar-refractivity contribution in [1.82, 2.24) is 19.6 Å². The van der Waals surface area contributed by atoms with Crippen molar-refractivity contribution in [2.45, 2.75) is 32.5 Å². The summed E-state index contributed by atoms with van der Waals surface area (Å²) in [5, 5.41) is 7.25. The van der Waals surface area contributed by atoms with Gasteiger partial charge in [-0.05, 0) is 49.3 Å². The Hall–Kier alpha value is -3.01.